The lowest BCUT2D eigenvalue weighted by Gasteiger charge is -2.14. The van der Waals surface area contributed by atoms with Gasteiger partial charge >= 0.3 is 0 Å². The molecule has 1 amide bonds. The van der Waals surface area contributed by atoms with Crippen molar-refractivity contribution in [2.24, 2.45) is 4.99 Å². The van der Waals surface area contributed by atoms with Crippen LogP contribution >= 0.6 is 11.6 Å². The molecule has 1 N–H and O–H groups in total. The van der Waals surface area contributed by atoms with Gasteiger partial charge in [-0.05, 0) is 60.5 Å². The summed E-state index contributed by atoms with van der Waals surface area (Å²) < 4.78 is 5.56. The molecule has 3 aromatic carbocycles. The van der Waals surface area contributed by atoms with E-state index in [0.29, 0.717) is 10.8 Å². The zero-order valence-electron chi connectivity index (χ0n) is 15.5. The lowest BCUT2D eigenvalue weighted by molar-refractivity contribution is -0.123. The summed E-state index contributed by atoms with van der Waals surface area (Å²) in [5.74, 6) is 0.463. The normalized spacial score (nSPS) is 11.9. The molecular formula is C23H21ClN2O2. The molecule has 4 nitrogen and oxygen atoms in total. The molecular weight excluding hydrogens is 372 g/mol. The van der Waals surface area contributed by atoms with Crippen LogP contribution in [0.1, 0.15) is 24.1 Å². The molecule has 0 aliphatic carbocycles. The van der Waals surface area contributed by atoms with Gasteiger partial charge in [-0.25, -0.2) is 0 Å². The maximum Gasteiger partial charge on any atom is 0.258 e. The zero-order chi connectivity index (χ0) is 19.8. The fourth-order valence-electron chi connectivity index (χ4n) is 2.61. The van der Waals surface area contributed by atoms with Gasteiger partial charge in [0.1, 0.15) is 5.75 Å². The first-order valence-electron chi connectivity index (χ1n) is 8.97. The molecule has 0 aromatic heterocycles. The number of benzene rings is 3. The van der Waals surface area contributed by atoms with E-state index in [9.17, 15) is 4.79 Å². The first-order valence-corrected chi connectivity index (χ1v) is 9.35. The molecule has 0 saturated heterocycles. The molecule has 0 aliphatic heterocycles. The number of rotatable bonds is 7. The number of nitrogens with zero attached hydrogens (tertiary/aromatic N) is 1. The second kappa shape index (κ2) is 9.72. The van der Waals surface area contributed by atoms with Crippen LogP contribution in [0.15, 0.2) is 83.9 Å². The number of amides is 1. The molecule has 0 bridgehead atoms. The molecule has 0 fully saturated rings. The Bertz CT molecular complexity index is 940. The zero-order valence-corrected chi connectivity index (χ0v) is 16.3. The number of hydrogen-bond donors (Lipinski definition) is 1. The SMILES string of the molecule is C[C@@H](NC(=O)COc1ccc(C=Nc2cccc(Cl)c2)cc1)c1ccccc1. The Morgan fingerprint density at radius 2 is 1.82 bits per heavy atom. The third-order valence-corrected chi connectivity index (χ3v) is 4.33. The summed E-state index contributed by atoms with van der Waals surface area (Å²) in [5.41, 5.74) is 2.77. The Morgan fingerprint density at radius 3 is 2.54 bits per heavy atom. The van der Waals surface area contributed by atoms with E-state index < -0.39 is 0 Å². The van der Waals surface area contributed by atoms with E-state index in [4.69, 9.17) is 16.3 Å². The van der Waals surface area contributed by atoms with Crippen molar-refractivity contribution in [1.29, 1.82) is 0 Å². The van der Waals surface area contributed by atoms with E-state index in [1.165, 1.54) is 0 Å². The maximum absolute atomic E-state index is 12.1. The van der Waals surface area contributed by atoms with Crippen LogP contribution in [-0.4, -0.2) is 18.7 Å². The minimum absolute atomic E-state index is 0.0346. The fourth-order valence-corrected chi connectivity index (χ4v) is 2.80. The molecule has 0 saturated carbocycles. The summed E-state index contributed by atoms with van der Waals surface area (Å²) in [6, 6.07) is 24.5. The maximum atomic E-state index is 12.1. The molecule has 28 heavy (non-hydrogen) atoms. The van der Waals surface area contributed by atoms with Crippen LogP contribution in [0.25, 0.3) is 0 Å². The highest BCUT2D eigenvalue weighted by molar-refractivity contribution is 6.30. The van der Waals surface area contributed by atoms with Gasteiger partial charge in [-0.1, -0.05) is 48.0 Å². The van der Waals surface area contributed by atoms with E-state index in [1.807, 2.05) is 79.7 Å². The highest BCUT2D eigenvalue weighted by Gasteiger charge is 2.09. The van der Waals surface area contributed by atoms with Crippen LogP contribution in [0.3, 0.4) is 0 Å². The van der Waals surface area contributed by atoms with E-state index in [0.717, 1.165) is 16.8 Å². The van der Waals surface area contributed by atoms with E-state index in [-0.39, 0.29) is 18.6 Å². The summed E-state index contributed by atoms with van der Waals surface area (Å²) >= 11 is 5.95. The lowest BCUT2D eigenvalue weighted by atomic mass is 10.1. The highest BCUT2D eigenvalue weighted by Crippen LogP contribution is 2.18. The summed E-state index contributed by atoms with van der Waals surface area (Å²) in [5, 5.41) is 3.58. The third-order valence-electron chi connectivity index (χ3n) is 4.10. The van der Waals surface area contributed by atoms with Gasteiger partial charge in [-0.3, -0.25) is 9.79 Å². The molecule has 0 heterocycles. The van der Waals surface area contributed by atoms with Gasteiger partial charge in [0.05, 0.1) is 11.7 Å². The summed E-state index contributed by atoms with van der Waals surface area (Å²) in [7, 11) is 0. The van der Waals surface area contributed by atoms with E-state index in [2.05, 4.69) is 10.3 Å². The van der Waals surface area contributed by atoms with Crippen molar-refractivity contribution < 1.29 is 9.53 Å². The van der Waals surface area contributed by atoms with Crippen molar-refractivity contribution in [3.63, 3.8) is 0 Å². The van der Waals surface area contributed by atoms with Gasteiger partial charge in [-0.2, -0.15) is 0 Å². The van der Waals surface area contributed by atoms with E-state index in [1.54, 1.807) is 12.3 Å². The summed E-state index contributed by atoms with van der Waals surface area (Å²) in [4.78, 5) is 16.5. The first kappa shape index (κ1) is 19.6. The molecule has 0 spiro atoms. The lowest BCUT2D eigenvalue weighted by Crippen LogP contribution is -2.31. The number of nitrogens with one attached hydrogen (secondary N) is 1. The quantitative estimate of drug-likeness (QED) is 0.551. The Balaban J connectivity index is 1.49. The average Bonchev–Trinajstić information content (AvgIpc) is 2.72. The molecule has 3 aromatic rings. The summed E-state index contributed by atoms with van der Waals surface area (Å²) in [6.07, 6.45) is 1.75. The van der Waals surface area contributed by atoms with Crippen molar-refractivity contribution in [3.8, 4) is 5.75 Å². The van der Waals surface area contributed by atoms with Crippen LogP contribution in [0.4, 0.5) is 5.69 Å². The third kappa shape index (κ3) is 5.96. The number of ether oxygens (including phenoxy) is 1. The van der Waals surface area contributed by atoms with Gasteiger partial charge in [0, 0.05) is 11.2 Å². The van der Waals surface area contributed by atoms with Crippen molar-refractivity contribution in [2.75, 3.05) is 6.61 Å². The van der Waals surface area contributed by atoms with Crippen LogP contribution in [-0.2, 0) is 4.79 Å². The van der Waals surface area contributed by atoms with Gasteiger partial charge in [0.15, 0.2) is 6.61 Å². The van der Waals surface area contributed by atoms with Gasteiger partial charge in [0.2, 0.25) is 0 Å². The number of hydrogen-bond acceptors (Lipinski definition) is 3. The largest absolute Gasteiger partial charge is 0.484 e. The smallest absolute Gasteiger partial charge is 0.258 e. The van der Waals surface area contributed by atoms with Crippen molar-refractivity contribution in [3.05, 3.63) is 95.0 Å². The molecule has 0 aliphatic rings. The monoisotopic (exact) mass is 392 g/mol. The minimum Gasteiger partial charge on any atom is -0.484 e. The second-order valence-corrected chi connectivity index (χ2v) is 6.73. The molecule has 0 radical (unpaired) electrons. The Kier molecular flexibility index (Phi) is 6.82. The first-order chi connectivity index (χ1) is 13.6. The standard InChI is InChI=1S/C23H21ClN2O2/c1-17(19-6-3-2-4-7-19)26-23(27)16-28-22-12-10-18(11-13-22)15-25-21-9-5-8-20(24)14-21/h2-15,17H,16H2,1H3,(H,26,27)/t17-/m1/s1. The molecule has 1 atom stereocenters. The average molecular weight is 393 g/mol. The van der Waals surface area contributed by atoms with Crippen LogP contribution in [0.2, 0.25) is 5.02 Å². The number of carbonyl (C=O) groups excluding carboxylic acids is 1. The van der Waals surface area contributed by atoms with Crippen molar-refractivity contribution >= 4 is 29.4 Å². The molecule has 3 rings (SSSR count). The topological polar surface area (TPSA) is 50.7 Å². The number of carbonyl (C=O) groups is 1. The van der Waals surface area contributed by atoms with Crippen LogP contribution in [0, 0.1) is 0 Å². The van der Waals surface area contributed by atoms with Crippen molar-refractivity contribution in [2.45, 2.75) is 13.0 Å². The fraction of sp³-hybridized carbons (Fsp3) is 0.130. The second-order valence-electron chi connectivity index (χ2n) is 6.30. The molecule has 0 unspecified atom stereocenters. The van der Waals surface area contributed by atoms with Gasteiger partial charge in [0.25, 0.3) is 5.91 Å². The predicted octanol–water partition coefficient (Wildman–Crippen LogP) is 5.35. The summed E-state index contributed by atoms with van der Waals surface area (Å²) in [6.45, 7) is 1.91. The number of aliphatic imine (C=N–C) groups is 1. The molecule has 5 heteroatoms. The van der Waals surface area contributed by atoms with Crippen molar-refractivity contribution in [1.82, 2.24) is 5.32 Å². The minimum atomic E-state index is -0.164. The van der Waals surface area contributed by atoms with Gasteiger partial charge in [-0.15, -0.1) is 0 Å². The van der Waals surface area contributed by atoms with Crippen LogP contribution < -0.4 is 10.1 Å². The van der Waals surface area contributed by atoms with E-state index >= 15 is 0 Å². The number of halogens is 1. The highest BCUT2D eigenvalue weighted by atomic mass is 35.5. The van der Waals surface area contributed by atoms with Crippen LogP contribution in [0.5, 0.6) is 5.75 Å². The Labute approximate surface area is 169 Å². The Morgan fingerprint density at radius 1 is 1.07 bits per heavy atom. The predicted molar refractivity (Wildman–Crippen MR) is 114 cm³/mol. The van der Waals surface area contributed by atoms with Gasteiger partial charge < -0.3 is 10.1 Å². The Hall–Kier alpha value is -3.11. The molecule has 142 valence electrons.